The van der Waals surface area contributed by atoms with Gasteiger partial charge in [-0.2, -0.15) is 18.3 Å². The lowest BCUT2D eigenvalue weighted by atomic mass is 9.79. The number of hydrogen-bond donors (Lipinski definition) is 0. The molecule has 1 aromatic carbocycles. The van der Waals surface area contributed by atoms with Gasteiger partial charge in [-0.25, -0.2) is 0 Å². The van der Waals surface area contributed by atoms with Crippen LogP contribution >= 0.6 is 22.9 Å². The predicted octanol–water partition coefficient (Wildman–Crippen LogP) is 6.35. The van der Waals surface area contributed by atoms with Crippen LogP contribution in [-0.4, -0.2) is 26.6 Å². The topological polar surface area (TPSA) is 38.1 Å². The quantitative estimate of drug-likeness (QED) is 0.409. The van der Waals surface area contributed by atoms with Crippen LogP contribution in [0.1, 0.15) is 41.5 Å². The number of alkyl halides is 3. The van der Waals surface area contributed by atoms with Crippen molar-refractivity contribution in [2.24, 2.45) is 0 Å². The molecule has 0 radical (unpaired) electrons. The first-order chi connectivity index (χ1) is 15.2. The van der Waals surface area contributed by atoms with Gasteiger partial charge in [0.05, 0.1) is 10.9 Å². The van der Waals surface area contributed by atoms with Crippen LogP contribution in [-0.2, 0) is 24.1 Å². The van der Waals surface area contributed by atoms with Crippen LogP contribution in [0.25, 0.3) is 11.1 Å². The maximum atomic E-state index is 13.8. The minimum atomic E-state index is -4.59. The van der Waals surface area contributed by atoms with E-state index < -0.39 is 11.9 Å². The van der Waals surface area contributed by atoms with E-state index in [1.54, 1.807) is 30.0 Å². The predicted molar refractivity (Wildman–Crippen MR) is 120 cm³/mol. The molecule has 32 heavy (non-hydrogen) atoms. The molecule has 0 fully saturated rings. The molecule has 4 nitrogen and oxygen atoms in total. The Morgan fingerprint density at radius 2 is 2.03 bits per heavy atom. The Kier molecular flexibility index (Phi) is 5.94. The van der Waals surface area contributed by atoms with E-state index in [9.17, 15) is 18.0 Å². The maximum Gasteiger partial charge on any atom is 0.435 e. The van der Waals surface area contributed by atoms with Crippen LogP contribution in [0, 0.1) is 0 Å². The molecule has 2 aromatic heterocycles. The number of benzene rings is 1. The molecule has 4 rings (SSSR count). The number of carbonyl (C=O) groups excluding carboxylic acids is 1. The summed E-state index contributed by atoms with van der Waals surface area (Å²) >= 11 is 7.69. The summed E-state index contributed by atoms with van der Waals surface area (Å²) in [4.78, 5) is 15.2. The Balaban J connectivity index is 1.94. The van der Waals surface area contributed by atoms with Crippen molar-refractivity contribution in [1.29, 1.82) is 0 Å². The monoisotopic (exact) mass is 479 g/mol. The van der Waals surface area contributed by atoms with Gasteiger partial charge in [-0.3, -0.25) is 9.48 Å². The second-order valence-electron chi connectivity index (χ2n) is 7.65. The number of amides is 1. The number of aromatic nitrogens is 2. The number of aryl methyl sites for hydroxylation is 1. The maximum absolute atomic E-state index is 13.8. The molecule has 0 saturated carbocycles. The zero-order valence-corrected chi connectivity index (χ0v) is 19.1. The standard InChI is InChI=1S/C23H21ClF3N3OS/c1-4-20(31)30-12-18-16(10-19(24)32-18)21(13(30)3)15-9-7-6-8-14(15)17-11-29(5-2)28-22(17)23(25,26)27/h4,6-11,13,21H,1,5,12H2,2-3H3. The Bertz CT molecular complexity index is 1180. The van der Waals surface area contributed by atoms with E-state index in [2.05, 4.69) is 11.7 Å². The highest BCUT2D eigenvalue weighted by Crippen LogP contribution is 2.47. The van der Waals surface area contributed by atoms with Crippen molar-refractivity contribution in [1.82, 2.24) is 14.7 Å². The third-order valence-corrected chi connectivity index (χ3v) is 7.10. The first-order valence-electron chi connectivity index (χ1n) is 10.1. The number of carbonyl (C=O) groups is 1. The van der Waals surface area contributed by atoms with Crippen LogP contribution in [0.5, 0.6) is 0 Å². The molecule has 0 bridgehead atoms. The van der Waals surface area contributed by atoms with Gasteiger partial charge in [-0.15, -0.1) is 11.3 Å². The number of thiophene rings is 1. The molecular weight excluding hydrogens is 459 g/mol. The van der Waals surface area contributed by atoms with E-state index >= 15 is 0 Å². The molecule has 0 N–H and O–H groups in total. The lowest BCUT2D eigenvalue weighted by Crippen LogP contribution is -2.44. The summed E-state index contributed by atoms with van der Waals surface area (Å²) in [7, 11) is 0. The molecule has 0 aliphatic carbocycles. The first kappa shape index (κ1) is 22.6. The van der Waals surface area contributed by atoms with Crippen LogP contribution in [0.15, 0.2) is 49.2 Å². The van der Waals surface area contributed by atoms with E-state index in [1.165, 1.54) is 28.3 Å². The minimum absolute atomic E-state index is 0.0252. The van der Waals surface area contributed by atoms with Gasteiger partial charge in [0.15, 0.2) is 5.69 Å². The van der Waals surface area contributed by atoms with Crippen LogP contribution in [0.3, 0.4) is 0 Å². The van der Waals surface area contributed by atoms with Crippen LogP contribution < -0.4 is 0 Å². The molecule has 2 unspecified atom stereocenters. The van der Waals surface area contributed by atoms with Crippen molar-refractivity contribution in [2.45, 2.75) is 45.1 Å². The van der Waals surface area contributed by atoms with E-state index in [4.69, 9.17) is 11.6 Å². The zero-order chi connectivity index (χ0) is 23.2. The first-order valence-corrected chi connectivity index (χ1v) is 11.3. The van der Waals surface area contributed by atoms with Gasteiger partial charge in [0.1, 0.15) is 0 Å². The SMILES string of the molecule is C=CC(=O)N1Cc2sc(Cl)cc2C(c2ccccc2-c2cn(CC)nc2C(F)(F)F)C1C. The normalized spacial score (nSPS) is 18.5. The smallest absolute Gasteiger partial charge is 0.330 e. The number of fused-ring (bicyclic) bond motifs is 1. The summed E-state index contributed by atoms with van der Waals surface area (Å²) in [5, 5.41) is 3.78. The average Bonchev–Trinajstić information content (AvgIpc) is 3.35. The minimum Gasteiger partial charge on any atom is -0.330 e. The third kappa shape index (κ3) is 3.86. The van der Waals surface area contributed by atoms with Gasteiger partial charge < -0.3 is 4.90 Å². The molecular formula is C23H21ClF3N3OS. The Labute approximate surface area is 192 Å². The number of rotatable bonds is 4. The van der Waals surface area contributed by atoms with Crippen LogP contribution in [0.4, 0.5) is 13.2 Å². The highest BCUT2D eigenvalue weighted by Gasteiger charge is 2.41. The van der Waals surface area contributed by atoms with Crippen molar-refractivity contribution < 1.29 is 18.0 Å². The number of nitrogens with zero attached hydrogens (tertiary/aromatic N) is 3. The molecule has 3 heterocycles. The van der Waals surface area contributed by atoms with E-state index in [0.717, 1.165) is 10.4 Å². The molecule has 0 saturated heterocycles. The molecule has 2 atom stereocenters. The summed E-state index contributed by atoms with van der Waals surface area (Å²) < 4.78 is 43.4. The Morgan fingerprint density at radius 1 is 1.31 bits per heavy atom. The van der Waals surface area contributed by atoms with Crippen molar-refractivity contribution in [3.05, 3.63) is 75.2 Å². The highest BCUT2D eigenvalue weighted by molar-refractivity contribution is 7.16. The fourth-order valence-corrected chi connectivity index (χ4v) is 5.69. The Morgan fingerprint density at radius 3 is 2.69 bits per heavy atom. The van der Waals surface area contributed by atoms with Crippen molar-refractivity contribution in [3.8, 4) is 11.1 Å². The lowest BCUT2D eigenvalue weighted by molar-refractivity contribution is -0.141. The summed E-state index contributed by atoms with van der Waals surface area (Å²) in [5.41, 5.74) is 1.18. The summed E-state index contributed by atoms with van der Waals surface area (Å²) in [5.74, 6) is -0.585. The Hall–Kier alpha value is -2.58. The zero-order valence-electron chi connectivity index (χ0n) is 17.5. The summed E-state index contributed by atoms with van der Waals surface area (Å²) in [6.07, 6.45) is -1.90. The third-order valence-electron chi connectivity index (χ3n) is 5.83. The summed E-state index contributed by atoms with van der Waals surface area (Å²) in [6.45, 7) is 7.94. The van der Waals surface area contributed by atoms with Gasteiger partial charge in [-0.1, -0.05) is 42.4 Å². The molecule has 0 spiro atoms. The fourth-order valence-electron chi connectivity index (χ4n) is 4.36. The second kappa shape index (κ2) is 8.41. The van der Waals surface area contributed by atoms with Gasteiger partial charge in [0.2, 0.25) is 5.91 Å². The largest absolute Gasteiger partial charge is 0.435 e. The lowest BCUT2D eigenvalue weighted by Gasteiger charge is -2.39. The average molecular weight is 480 g/mol. The molecule has 168 valence electrons. The molecule has 1 aliphatic rings. The van der Waals surface area contributed by atoms with Gasteiger partial charge in [-0.05, 0) is 42.7 Å². The number of hydrogen-bond acceptors (Lipinski definition) is 3. The van der Waals surface area contributed by atoms with Crippen molar-refractivity contribution >= 4 is 28.8 Å². The van der Waals surface area contributed by atoms with Gasteiger partial charge in [0, 0.05) is 35.1 Å². The fraction of sp³-hybridized carbons (Fsp3) is 0.304. The van der Waals surface area contributed by atoms with E-state index in [1.807, 2.05) is 19.1 Å². The second-order valence-corrected chi connectivity index (χ2v) is 9.42. The van der Waals surface area contributed by atoms with Gasteiger partial charge >= 0.3 is 6.18 Å². The molecule has 3 aromatic rings. The van der Waals surface area contributed by atoms with Crippen LogP contribution in [0.2, 0.25) is 4.34 Å². The molecule has 1 aliphatic heterocycles. The van der Waals surface area contributed by atoms with Crippen molar-refractivity contribution in [3.63, 3.8) is 0 Å². The summed E-state index contributed by atoms with van der Waals surface area (Å²) in [6, 6.07) is 8.55. The van der Waals surface area contributed by atoms with Crippen molar-refractivity contribution in [2.75, 3.05) is 0 Å². The highest BCUT2D eigenvalue weighted by atomic mass is 35.5. The number of halogens is 4. The van der Waals surface area contributed by atoms with E-state index in [-0.39, 0.29) is 23.4 Å². The van der Waals surface area contributed by atoms with E-state index in [0.29, 0.717) is 28.6 Å². The molecule has 9 heteroatoms. The van der Waals surface area contributed by atoms with Gasteiger partial charge in [0.25, 0.3) is 0 Å². The molecule has 1 amide bonds.